The van der Waals surface area contributed by atoms with Crippen molar-refractivity contribution in [3.8, 4) is 0 Å². The van der Waals surface area contributed by atoms with Crippen LogP contribution in [0.15, 0.2) is 23.6 Å². The highest BCUT2D eigenvalue weighted by atomic mass is 32.2. The Morgan fingerprint density at radius 3 is 2.73 bits per heavy atom. The van der Waals surface area contributed by atoms with Gasteiger partial charge in [-0.1, -0.05) is 0 Å². The summed E-state index contributed by atoms with van der Waals surface area (Å²) in [5, 5.41) is 3.08. The number of nitrogens with zero attached hydrogens (tertiary/aromatic N) is 2. The molecule has 0 amide bonds. The third kappa shape index (κ3) is 2.51. The van der Waals surface area contributed by atoms with E-state index in [9.17, 15) is 8.42 Å². The van der Waals surface area contributed by atoms with Gasteiger partial charge in [-0.25, -0.2) is 18.4 Å². The molecule has 1 unspecified atom stereocenters. The number of rotatable bonds is 3. The van der Waals surface area contributed by atoms with Gasteiger partial charge in [0, 0.05) is 12.4 Å². The summed E-state index contributed by atoms with van der Waals surface area (Å²) in [6, 6.07) is 1.61. The van der Waals surface area contributed by atoms with Gasteiger partial charge in [-0.05, 0) is 31.5 Å². The van der Waals surface area contributed by atoms with Gasteiger partial charge in [0.05, 0.1) is 5.75 Å². The van der Waals surface area contributed by atoms with Crippen LogP contribution in [0.1, 0.15) is 6.42 Å². The largest absolute Gasteiger partial charge is 0.316 e. The first kappa shape index (κ1) is 10.5. The number of hydrogen-bond donors (Lipinski definition) is 1. The van der Waals surface area contributed by atoms with E-state index in [0.29, 0.717) is 0 Å². The normalized spacial score (nSPS) is 21.7. The van der Waals surface area contributed by atoms with Crippen LogP contribution >= 0.6 is 0 Å². The van der Waals surface area contributed by atoms with Crippen molar-refractivity contribution in [2.75, 3.05) is 18.8 Å². The minimum Gasteiger partial charge on any atom is -0.316 e. The second kappa shape index (κ2) is 4.24. The standard InChI is InChI=1S/C9H13N3O2S/c13-15(14,7-8-2-5-10-6-8)9-11-3-1-4-12-9/h1,3-4,8,10H,2,5-7H2. The van der Waals surface area contributed by atoms with Crippen molar-refractivity contribution in [2.24, 2.45) is 5.92 Å². The van der Waals surface area contributed by atoms with E-state index in [1.54, 1.807) is 6.07 Å². The molecule has 15 heavy (non-hydrogen) atoms. The van der Waals surface area contributed by atoms with Crippen molar-refractivity contribution in [3.05, 3.63) is 18.5 Å². The first-order valence-electron chi connectivity index (χ1n) is 4.89. The summed E-state index contributed by atoms with van der Waals surface area (Å²) >= 11 is 0. The molecule has 0 aromatic carbocycles. The van der Waals surface area contributed by atoms with Gasteiger partial charge in [0.2, 0.25) is 15.0 Å². The van der Waals surface area contributed by atoms with E-state index in [4.69, 9.17) is 0 Å². The average Bonchev–Trinajstić information content (AvgIpc) is 2.71. The summed E-state index contributed by atoms with van der Waals surface area (Å²) in [5.41, 5.74) is 0. The maximum Gasteiger partial charge on any atom is 0.247 e. The first-order valence-corrected chi connectivity index (χ1v) is 6.54. The van der Waals surface area contributed by atoms with Crippen molar-refractivity contribution in [3.63, 3.8) is 0 Å². The lowest BCUT2D eigenvalue weighted by Gasteiger charge is -2.07. The molecule has 1 atom stereocenters. The maximum atomic E-state index is 11.8. The molecular formula is C9H13N3O2S. The molecule has 2 heterocycles. The molecule has 0 aliphatic carbocycles. The van der Waals surface area contributed by atoms with Crippen LogP contribution in [-0.4, -0.2) is 37.2 Å². The van der Waals surface area contributed by atoms with Crippen LogP contribution in [0.2, 0.25) is 0 Å². The van der Waals surface area contributed by atoms with Gasteiger partial charge >= 0.3 is 0 Å². The lowest BCUT2D eigenvalue weighted by Crippen LogP contribution is -2.20. The van der Waals surface area contributed by atoms with Gasteiger partial charge in [-0.15, -0.1) is 0 Å². The van der Waals surface area contributed by atoms with Crippen molar-refractivity contribution < 1.29 is 8.42 Å². The molecule has 1 aliphatic rings. The van der Waals surface area contributed by atoms with Crippen LogP contribution in [0.25, 0.3) is 0 Å². The molecule has 1 aromatic heterocycles. The Morgan fingerprint density at radius 1 is 1.40 bits per heavy atom. The Morgan fingerprint density at radius 2 is 2.13 bits per heavy atom. The molecule has 0 spiro atoms. The van der Waals surface area contributed by atoms with E-state index < -0.39 is 9.84 Å². The Kier molecular flexibility index (Phi) is 2.97. The van der Waals surface area contributed by atoms with Crippen molar-refractivity contribution >= 4 is 9.84 Å². The zero-order valence-corrected chi connectivity index (χ0v) is 9.07. The molecule has 0 radical (unpaired) electrons. The van der Waals surface area contributed by atoms with E-state index in [0.717, 1.165) is 19.5 Å². The Hall–Kier alpha value is -1.01. The van der Waals surface area contributed by atoms with E-state index in [1.807, 2.05) is 0 Å². The Labute approximate surface area is 88.9 Å². The van der Waals surface area contributed by atoms with E-state index in [2.05, 4.69) is 15.3 Å². The molecule has 1 fully saturated rings. The van der Waals surface area contributed by atoms with Gasteiger partial charge in [-0.3, -0.25) is 0 Å². The summed E-state index contributed by atoms with van der Waals surface area (Å²) in [6.07, 6.45) is 3.81. The third-order valence-electron chi connectivity index (χ3n) is 2.44. The second-order valence-electron chi connectivity index (χ2n) is 3.67. The minimum atomic E-state index is -3.31. The van der Waals surface area contributed by atoms with Crippen LogP contribution in [0.5, 0.6) is 0 Å². The molecule has 1 aliphatic heterocycles. The summed E-state index contributed by atoms with van der Waals surface area (Å²) in [4.78, 5) is 7.55. The summed E-state index contributed by atoms with van der Waals surface area (Å²) in [5.74, 6) is 0.336. The fraction of sp³-hybridized carbons (Fsp3) is 0.556. The fourth-order valence-electron chi connectivity index (χ4n) is 1.69. The Balaban J connectivity index is 2.13. The van der Waals surface area contributed by atoms with Crippen LogP contribution in [-0.2, 0) is 9.84 Å². The van der Waals surface area contributed by atoms with E-state index in [-0.39, 0.29) is 16.8 Å². The van der Waals surface area contributed by atoms with E-state index >= 15 is 0 Å². The predicted octanol–water partition coefficient (Wildman–Crippen LogP) is -0.140. The zero-order valence-electron chi connectivity index (χ0n) is 8.26. The number of aromatic nitrogens is 2. The van der Waals surface area contributed by atoms with Crippen molar-refractivity contribution in [1.29, 1.82) is 0 Å². The average molecular weight is 227 g/mol. The van der Waals surface area contributed by atoms with Gasteiger partial charge in [0.1, 0.15) is 0 Å². The molecule has 5 nitrogen and oxygen atoms in total. The highest BCUT2D eigenvalue weighted by Gasteiger charge is 2.25. The van der Waals surface area contributed by atoms with Crippen molar-refractivity contribution in [2.45, 2.75) is 11.6 Å². The quantitative estimate of drug-likeness (QED) is 0.728. The smallest absolute Gasteiger partial charge is 0.247 e. The van der Waals surface area contributed by atoms with Crippen LogP contribution < -0.4 is 5.32 Å². The fourth-order valence-corrected chi connectivity index (χ4v) is 3.18. The molecule has 1 N–H and O–H groups in total. The van der Waals surface area contributed by atoms with Crippen LogP contribution in [0.3, 0.4) is 0 Å². The molecule has 0 saturated carbocycles. The highest BCUT2D eigenvalue weighted by Crippen LogP contribution is 2.14. The van der Waals surface area contributed by atoms with Gasteiger partial charge in [0.25, 0.3) is 0 Å². The number of nitrogens with one attached hydrogen (secondary N) is 1. The van der Waals surface area contributed by atoms with Gasteiger partial charge in [0.15, 0.2) is 0 Å². The molecule has 1 saturated heterocycles. The lowest BCUT2D eigenvalue weighted by molar-refractivity contribution is 0.562. The molecule has 1 aromatic rings. The van der Waals surface area contributed by atoms with E-state index in [1.165, 1.54) is 12.4 Å². The van der Waals surface area contributed by atoms with Crippen LogP contribution in [0, 0.1) is 5.92 Å². The molecule has 6 heteroatoms. The highest BCUT2D eigenvalue weighted by molar-refractivity contribution is 7.91. The SMILES string of the molecule is O=S(=O)(CC1CCNC1)c1ncccn1. The maximum absolute atomic E-state index is 11.8. The number of sulfone groups is 1. The molecular weight excluding hydrogens is 214 g/mol. The summed E-state index contributed by atoms with van der Waals surface area (Å²) in [7, 11) is -3.31. The monoisotopic (exact) mass is 227 g/mol. The molecule has 82 valence electrons. The summed E-state index contributed by atoms with van der Waals surface area (Å²) in [6.45, 7) is 1.67. The zero-order chi connectivity index (χ0) is 10.7. The predicted molar refractivity (Wildman–Crippen MR) is 55.1 cm³/mol. The van der Waals surface area contributed by atoms with Crippen molar-refractivity contribution in [1.82, 2.24) is 15.3 Å². The summed E-state index contributed by atoms with van der Waals surface area (Å²) < 4.78 is 23.7. The Bertz CT molecular complexity index is 412. The first-order chi connectivity index (χ1) is 7.18. The third-order valence-corrected chi connectivity index (χ3v) is 4.12. The number of hydrogen-bond acceptors (Lipinski definition) is 5. The van der Waals surface area contributed by atoms with Gasteiger partial charge in [-0.2, -0.15) is 0 Å². The topological polar surface area (TPSA) is 72.0 Å². The molecule has 2 rings (SSSR count). The van der Waals surface area contributed by atoms with Gasteiger partial charge < -0.3 is 5.32 Å². The minimum absolute atomic E-state index is 0.0584. The molecule has 0 bridgehead atoms. The van der Waals surface area contributed by atoms with Crippen LogP contribution in [0.4, 0.5) is 0 Å². The lowest BCUT2D eigenvalue weighted by atomic mass is 10.2. The second-order valence-corrected chi connectivity index (χ2v) is 5.60.